The number of hydrogen-bond acceptors (Lipinski definition) is 4. The summed E-state index contributed by atoms with van der Waals surface area (Å²) in [5.41, 5.74) is 1.95. The predicted molar refractivity (Wildman–Crippen MR) is 78.4 cm³/mol. The second kappa shape index (κ2) is 6.35. The summed E-state index contributed by atoms with van der Waals surface area (Å²) in [7, 11) is 4.24. The summed E-state index contributed by atoms with van der Waals surface area (Å²) in [5.74, 6) is 0. The van der Waals surface area contributed by atoms with Crippen molar-refractivity contribution < 1.29 is 5.11 Å². The van der Waals surface area contributed by atoms with E-state index in [2.05, 4.69) is 34.9 Å². The molecular weight excluding hydrogens is 238 g/mol. The molecule has 1 fully saturated rings. The van der Waals surface area contributed by atoms with Crippen molar-refractivity contribution in [3.8, 4) is 0 Å². The van der Waals surface area contributed by atoms with E-state index in [0.717, 1.165) is 18.8 Å². The van der Waals surface area contributed by atoms with Crippen LogP contribution >= 0.6 is 0 Å². The summed E-state index contributed by atoms with van der Waals surface area (Å²) in [6.45, 7) is 4.16. The molecule has 0 aromatic carbocycles. The largest absolute Gasteiger partial charge is 0.387 e. The van der Waals surface area contributed by atoms with Gasteiger partial charge in [-0.05, 0) is 45.5 Å². The number of aromatic nitrogens is 1. The Balaban J connectivity index is 2.08. The molecule has 1 unspecified atom stereocenters. The van der Waals surface area contributed by atoms with E-state index in [0.29, 0.717) is 12.5 Å². The molecule has 2 heterocycles. The van der Waals surface area contributed by atoms with Crippen LogP contribution in [-0.4, -0.2) is 48.2 Å². The van der Waals surface area contributed by atoms with E-state index in [-0.39, 0.29) is 0 Å². The lowest BCUT2D eigenvalue weighted by Crippen LogP contribution is -2.37. The van der Waals surface area contributed by atoms with Crippen LogP contribution in [0.25, 0.3) is 0 Å². The lowest BCUT2D eigenvalue weighted by molar-refractivity contribution is 0.169. The van der Waals surface area contributed by atoms with E-state index < -0.39 is 6.10 Å². The smallest absolute Gasteiger partial charge is 0.0957 e. The Bertz CT molecular complexity index is 391. The van der Waals surface area contributed by atoms with Crippen molar-refractivity contribution >= 4 is 5.69 Å². The molecule has 106 valence electrons. The minimum atomic E-state index is -0.440. The highest BCUT2D eigenvalue weighted by molar-refractivity contribution is 5.47. The van der Waals surface area contributed by atoms with Gasteiger partial charge in [-0.1, -0.05) is 6.92 Å². The summed E-state index contributed by atoms with van der Waals surface area (Å²) >= 11 is 0. The quantitative estimate of drug-likeness (QED) is 0.882. The number of aliphatic hydroxyl groups excluding tert-OH is 1. The Hall–Kier alpha value is -1.13. The van der Waals surface area contributed by atoms with Crippen molar-refractivity contribution in [3.05, 3.63) is 24.0 Å². The fourth-order valence-electron chi connectivity index (χ4n) is 2.76. The van der Waals surface area contributed by atoms with Gasteiger partial charge >= 0.3 is 0 Å². The summed E-state index contributed by atoms with van der Waals surface area (Å²) in [4.78, 5) is 9.08. The average Bonchev–Trinajstić information content (AvgIpc) is 2.85. The minimum absolute atomic E-state index is 0.440. The first-order chi connectivity index (χ1) is 9.11. The van der Waals surface area contributed by atoms with Gasteiger partial charge in [0.2, 0.25) is 0 Å². The van der Waals surface area contributed by atoms with Crippen molar-refractivity contribution in [1.82, 2.24) is 9.88 Å². The van der Waals surface area contributed by atoms with Crippen molar-refractivity contribution in [1.29, 1.82) is 0 Å². The van der Waals surface area contributed by atoms with Crippen LogP contribution in [-0.2, 0) is 0 Å². The molecule has 1 aromatic rings. The lowest BCUT2D eigenvalue weighted by Gasteiger charge is -2.29. The Morgan fingerprint density at radius 3 is 2.84 bits per heavy atom. The fourth-order valence-corrected chi connectivity index (χ4v) is 2.76. The van der Waals surface area contributed by atoms with Gasteiger partial charge in [0.15, 0.2) is 0 Å². The van der Waals surface area contributed by atoms with Crippen LogP contribution < -0.4 is 4.90 Å². The van der Waals surface area contributed by atoms with E-state index in [4.69, 9.17) is 0 Å². The lowest BCUT2D eigenvalue weighted by atomic mass is 10.1. The summed E-state index contributed by atoms with van der Waals surface area (Å²) in [6, 6.07) is 4.63. The molecule has 19 heavy (non-hydrogen) atoms. The Morgan fingerprint density at radius 2 is 2.26 bits per heavy atom. The standard InChI is InChI=1S/C15H25N3O/c1-4-15(19)14-8-7-12(10-16-14)18-9-5-6-13(18)11-17(2)3/h7-8,10,13,15,19H,4-6,9,11H2,1-3H3/t13?,15-/m1/s1. The normalized spacial score (nSPS) is 21.1. The summed E-state index contributed by atoms with van der Waals surface area (Å²) in [5, 5.41) is 9.77. The first-order valence-corrected chi connectivity index (χ1v) is 7.17. The van der Waals surface area contributed by atoms with Gasteiger partial charge in [0.05, 0.1) is 23.7 Å². The van der Waals surface area contributed by atoms with E-state index >= 15 is 0 Å². The molecule has 4 nitrogen and oxygen atoms in total. The van der Waals surface area contributed by atoms with Gasteiger partial charge in [0.25, 0.3) is 0 Å². The van der Waals surface area contributed by atoms with Crippen LogP contribution in [0, 0.1) is 0 Å². The van der Waals surface area contributed by atoms with Gasteiger partial charge in [0, 0.05) is 19.1 Å². The van der Waals surface area contributed by atoms with Crippen LogP contribution in [0.4, 0.5) is 5.69 Å². The van der Waals surface area contributed by atoms with Crippen LogP contribution in [0.3, 0.4) is 0 Å². The molecule has 0 bridgehead atoms. The third-order valence-corrected chi connectivity index (χ3v) is 3.78. The Labute approximate surface area is 116 Å². The SMILES string of the molecule is CC[C@@H](O)c1ccc(N2CCCC2CN(C)C)cn1. The highest BCUT2D eigenvalue weighted by atomic mass is 16.3. The van der Waals surface area contributed by atoms with Crippen molar-refractivity contribution in [2.75, 3.05) is 32.1 Å². The second-order valence-corrected chi connectivity index (χ2v) is 5.62. The maximum absolute atomic E-state index is 9.77. The molecule has 1 N–H and O–H groups in total. The molecule has 1 saturated heterocycles. The van der Waals surface area contributed by atoms with E-state index in [1.165, 1.54) is 18.5 Å². The molecule has 0 spiro atoms. The van der Waals surface area contributed by atoms with Crippen LogP contribution in [0.15, 0.2) is 18.3 Å². The molecule has 0 amide bonds. The maximum Gasteiger partial charge on any atom is 0.0957 e. The minimum Gasteiger partial charge on any atom is -0.387 e. The third-order valence-electron chi connectivity index (χ3n) is 3.78. The van der Waals surface area contributed by atoms with Gasteiger partial charge in [-0.25, -0.2) is 0 Å². The van der Waals surface area contributed by atoms with Gasteiger partial charge in [-0.15, -0.1) is 0 Å². The number of nitrogens with zero attached hydrogens (tertiary/aromatic N) is 3. The molecule has 0 saturated carbocycles. The number of rotatable bonds is 5. The van der Waals surface area contributed by atoms with Crippen LogP contribution in [0.5, 0.6) is 0 Å². The Morgan fingerprint density at radius 1 is 1.47 bits per heavy atom. The number of anilines is 1. The Kier molecular flexibility index (Phi) is 4.77. The van der Waals surface area contributed by atoms with Crippen LogP contribution in [0.2, 0.25) is 0 Å². The van der Waals surface area contributed by atoms with Gasteiger partial charge < -0.3 is 14.9 Å². The molecule has 1 aliphatic rings. The first kappa shape index (κ1) is 14.3. The van der Waals surface area contributed by atoms with E-state index in [1.807, 2.05) is 19.2 Å². The third kappa shape index (κ3) is 3.45. The number of hydrogen-bond donors (Lipinski definition) is 1. The molecular formula is C15H25N3O. The van der Waals surface area contributed by atoms with Crippen molar-refractivity contribution in [2.24, 2.45) is 0 Å². The first-order valence-electron chi connectivity index (χ1n) is 7.17. The molecule has 0 radical (unpaired) electrons. The van der Waals surface area contributed by atoms with Gasteiger partial charge in [0.1, 0.15) is 0 Å². The van der Waals surface area contributed by atoms with Crippen molar-refractivity contribution in [3.63, 3.8) is 0 Å². The molecule has 1 aliphatic heterocycles. The zero-order valence-electron chi connectivity index (χ0n) is 12.2. The van der Waals surface area contributed by atoms with Crippen molar-refractivity contribution in [2.45, 2.75) is 38.3 Å². The van der Waals surface area contributed by atoms with Gasteiger partial charge in [-0.3, -0.25) is 4.98 Å². The molecule has 4 heteroatoms. The molecule has 2 atom stereocenters. The second-order valence-electron chi connectivity index (χ2n) is 5.62. The fraction of sp³-hybridized carbons (Fsp3) is 0.667. The van der Waals surface area contributed by atoms with E-state index in [1.54, 1.807) is 0 Å². The molecule has 0 aliphatic carbocycles. The van der Waals surface area contributed by atoms with Crippen LogP contribution in [0.1, 0.15) is 38.0 Å². The number of aliphatic hydroxyl groups is 1. The topological polar surface area (TPSA) is 39.6 Å². The highest BCUT2D eigenvalue weighted by Crippen LogP contribution is 2.26. The summed E-state index contributed by atoms with van der Waals surface area (Å²) in [6.07, 6.45) is 4.67. The summed E-state index contributed by atoms with van der Waals surface area (Å²) < 4.78 is 0. The molecule has 1 aromatic heterocycles. The monoisotopic (exact) mass is 263 g/mol. The molecule has 2 rings (SSSR count). The van der Waals surface area contributed by atoms with E-state index in [9.17, 15) is 5.11 Å². The number of likely N-dealkylation sites (N-methyl/N-ethyl adjacent to an activating group) is 1. The highest BCUT2D eigenvalue weighted by Gasteiger charge is 2.25. The zero-order chi connectivity index (χ0) is 13.8. The maximum atomic E-state index is 9.77. The average molecular weight is 263 g/mol. The zero-order valence-corrected chi connectivity index (χ0v) is 12.2. The number of pyridine rings is 1. The predicted octanol–water partition coefficient (Wildman–Crippen LogP) is 2.06. The van der Waals surface area contributed by atoms with Gasteiger partial charge in [-0.2, -0.15) is 0 Å².